The molecule has 146 valence electrons. The molecule has 1 amide bonds. The average molecular weight is 416 g/mol. The van der Waals surface area contributed by atoms with Crippen LogP contribution in [0.4, 0.5) is 5.69 Å². The van der Waals surface area contributed by atoms with Crippen molar-refractivity contribution in [3.05, 3.63) is 47.1 Å². The minimum atomic E-state index is -0.376. The van der Waals surface area contributed by atoms with Crippen LogP contribution >= 0.6 is 23.1 Å². The van der Waals surface area contributed by atoms with Crippen LogP contribution in [-0.4, -0.2) is 33.7 Å². The highest BCUT2D eigenvalue weighted by Gasteiger charge is 2.18. The number of aromatic nitrogens is 2. The highest BCUT2D eigenvalue weighted by molar-refractivity contribution is 8.00. The van der Waals surface area contributed by atoms with E-state index in [1.165, 1.54) is 16.6 Å². The molecule has 6 nitrogen and oxygen atoms in total. The first kappa shape index (κ1) is 20.3. The van der Waals surface area contributed by atoms with Crippen molar-refractivity contribution < 1.29 is 14.3 Å². The van der Waals surface area contributed by atoms with Gasteiger partial charge in [-0.3, -0.25) is 4.79 Å². The topological polar surface area (TPSA) is 81.2 Å². The molecule has 2 heterocycles. The summed E-state index contributed by atoms with van der Waals surface area (Å²) in [4.78, 5) is 35.1. The summed E-state index contributed by atoms with van der Waals surface area (Å²) in [5.41, 5.74) is 1.08. The number of hydrogen-bond donors (Lipinski definition) is 1. The number of ether oxygens (including phenoxy) is 1. The zero-order valence-electron chi connectivity index (χ0n) is 15.9. The first-order valence-corrected chi connectivity index (χ1v) is 10.7. The van der Waals surface area contributed by atoms with Gasteiger partial charge in [-0.1, -0.05) is 18.7 Å². The molecule has 8 heteroatoms. The Hall–Kier alpha value is -2.45. The Morgan fingerprint density at radius 1 is 1.21 bits per heavy atom. The zero-order valence-corrected chi connectivity index (χ0v) is 17.5. The van der Waals surface area contributed by atoms with Gasteiger partial charge < -0.3 is 10.1 Å². The Kier molecular flexibility index (Phi) is 6.64. The van der Waals surface area contributed by atoms with Gasteiger partial charge in [0.15, 0.2) is 0 Å². The Labute approximate surface area is 171 Å². The van der Waals surface area contributed by atoms with E-state index in [9.17, 15) is 9.59 Å². The van der Waals surface area contributed by atoms with Crippen LogP contribution in [0.2, 0.25) is 0 Å². The normalized spacial score (nSPS) is 12.0. The summed E-state index contributed by atoms with van der Waals surface area (Å²) in [7, 11) is 0. The van der Waals surface area contributed by atoms with Crippen LogP contribution in [0, 0.1) is 0 Å². The number of aryl methyl sites for hydroxylation is 1. The van der Waals surface area contributed by atoms with Crippen LogP contribution in [0.25, 0.3) is 10.2 Å². The van der Waals surface area contributed by atoms with Gasteiger partial charge in [-0.25, -0.2) is 14.8 Å². The van der Waals surface area contributed by atoms with Gasteiger partial charge >= 0.3 is 5.97 Å². The maximum absolute atomic E-state index is 12.6. The number of hydrogen-bond acceptors (Lipinski definition) is 7. The second-order valence-electron chi connectivity index (χ2n) is 6.01. The summed E-state index contributed by atoms with van der Waals surface area (Å²) in [5.74, 6) is -0.508. The molecule has 0 bridgehead atoms. The number of benzene rings is 1. The fraction of sp³-hybridized carbons (Fsp3) is 0.300. The summed E-state index contributed by atoms with van der Waals surface area (Å²) in [5, 5.41) is 4.33. The number of thioether (sulfide) groups is 1. The number of carbonyl (C=O) groups is 2. The van der Waals surface area contributed by atoms with Crippen molar-refractivity contribution in [1.82, 2.24) is 9.97 Å². The van der Waals surface area contributed by atoms with Gasteiger partial charge in [-0.2, -0.15) is 0 Å². The second-order valence-corrected chi connectivity index (χ2v) is 8.46. The minimum Gasteiger partial charge on any atom is -0.462 e. The molecule has 0 aliphatic rings. The number of nitrogens with zero attached hydrogens (tertiary/aromatic N) is 2. The van der Waals surface area contributed by atoms with E-state index in [0.29, 0.717) is 17.9 Å². The third-order valence-electron chi connectivity index (χ3n) is 4.01. The second kappa shape index (κ2) is 9.16. The maximum Gasteiger partial charge on any atom is 0.338 e. The average Bonchev–Trinajstić information content (AvgIpc) is 3.13. The van der Waals surface area contributed by atoms with Gasteiger partial charge in [0, 0.05) is 16.0 Å². The monoisotopic (exact) mass is 415 g/mol. The van der Waals surface area contributed by atoms with Crippen molar-refractivity contribution in [1.29, 1.82) is 0 Å². The van der Waals surface area contributed by atoms with Gasteiger partial charge in [0.1, 0.15) is 16.2 Å². The number of anilines is 1. The number of esters is 1. The largest absolute Gasteiger partial charge is 0.462 e. The summed E-state index contributed by atoms with van der Waals surface area (Å²) >= 11 is 3.06. The number of nitrogens with one attached hydrogen (secondary N) is 1. The SMILES string of the molecule is CCOC(=O)c1ccc(NC(=O)C(C)Sc2ncnc3sc(CC)cc23)cc1. The third kappa shape index (κ3) is 4.69. The Bertz CT molecular complexity index is 986. The quantitative estimate of drug-likeness (QED) is 0.346. The molecule has 3 rings (SSSR count). The van der Waals surface area contributed by atoms with Gasteiger partial charge in [-0.05, 0) is 50.6 Å². The molecular formula is C20H21N3O3S2. The number of carbonyl (C=O) groups excluding carboxylic acids is 2. The maximum atomic E-state index is 12.6. The van der Waals surface area contributed by atoms with Crippen molar-refractivity contribution in [2.24, 2.45) is 0 Å². The number of thiophene rings is 1. The van der Waals surface area contributed by atoms with Crippen LogP contribution in [-0.2, 0) is 16.0 Å². The molecule has 0 aliphatic carbocycles. The lowest BCUT2D eigenvalue weighted by Crippen LogP contribution is -2.22. The van der Waals surface area contributed by atoms with Crippen LogP contribution in [0.3, 0.4) is 0 Å². The molecule has 3 aromatic rings. The predicted octanol–water partition coefficient (Wildman–Crippen LogP) is 4.55. The van der Waals surface area contributed by atoms with Crippen molar-refractivity contribution >= 4 is 50.9 Å². The standard InChI is InChI=1S/C20H21N3O3S2/c1-4-15-10-16-18(21-11-22-19(16)28-15)27-12(3)17(24)23-14-8-6-13(7-9-14)20(25)26-5-2/h6-12H,4-5H2,1-3H3,(H,23,24). The molecule has 1 aromatic carbocycles. The summed E-state index contributed by atoms with van der Waals surface area (Å²) in [6.07, 6.45) is 2.49. The van der Waals surface area contributed by atoms with Crippen LogP contribution in [0.15, 0.2) is 41.7 Å². The Morgan fingerprint density at radius 3 is 2.64 bits per heavy atom. The molecule has 1 atom stereocenters. The van der Waals surface area contributed by atoms with Crippen molar-refractivity contribution in [3.8, 4) is 0 Å². The van der Waals surface area contributed by atoms with E-state index in [-0.39, 0.29) is 17.1 Å². The van der Waals surface area contributed by atoms with Gasteiger partial charge in [-0.15, -0.1) is 11.3 Å². The van der Waals surface area contributed by atoms with Crippen molar-refractivity contribution in [2.45, 2.75) is 37.5 Å². The molecule has 1 unspecified atom stereocenters. The van der Waals surface area contributed by atoms with Crippen LogP contribution < -0.4 is 5.32 Å². The molecule has 0 spiro atoms. The Balaban J connectivity index is 1.66. The molecule has 0 radical (unpaired) electrons. The molecule has 0 fully saturated rings. The fourth-order valence-corrected chi connectivity index (χ4v) is 4.41. The van der Waals surface area contributed by atoms with E-state index in [2.05, 4.69) is 28.3 Å². The van der Waals surface area contributed by atoms with Gasteiger partial charge in [0.25, 0.3) is 0 Å². The van der Waals surface area contributed by atoms with E-state index in [0.717, 1.165) is 21.7 Å². The minimum absolute atomic E-state index is 0.133. The van der Waals surface area contributed by atoms with Crippen molar-refractivity contribution in [2.75, 3.05) is 11.9 Å². The first-order chi connectivity index (χ1) is 13.5. The molecule has 0 saturated carbocycles. The van der Waals surface area contributed by atoms with E-state index >= 15 is 0 Å². The van der Waals surface area contributed by atoms with E-state index < -0.39 is 0 Å². The van der Waals surface area contributed by atoms with E-state index in [4.69, 9.17) is 4.74 Å². The number of fused-ring (bicyclic) bond motifs is 1. The van der Waals surface area contributed by atoms with E-state index in [1.54, 1.807) is 48.9 Å². The predicted molar refractivity (Wildman–Crippen MR) is 113 cm³/mol. The van der Waals surface area contributed by atoms with Crippen molar-refractivity contribution in [3.63, 3.8) is 0 Å². The highest BCUT2D eigenvalue weighted by Crippen LogP contribution is 2.33. The fourth-order valence-electron chi connectivity index (χ4n) is 2.52. The Morgan fingerprint density at radius 2 is 1.96 bits per heavy atom. The number of amides is 1. The van der Waals surface area contributed by atoms with Gasteiger partial charge in [0.05, 0.1) is 17.4 Å². The van der Waals surface area contributed by atoms with Crippen LogP contribution in [0.5, 0.6) is 0 Å². The molecule has 28 heavy (non-hydrogen) atoms. The molecular weight excluding hydrogens is 394 g/mol. The molecule has 2 aromatic heterocycles. The lowest BCUT2D eigenvalue weighted by molar-refractivity contribution is -0.115. The molecule has 1 N–H and O–H groups in total. The lowest BCUT2D eigenvalue weighted by Gasteiger charge is -2.12. The first-order valence-electron chi connectivity index (χ1n) is 9.00. The molecule has 0 saturated heterocycles. The lowest BCUT2D eigenvalue weighted by atomic mass is 10.2. The smallest absolute Gasteiger partial charge is 0.338 e. The highest BCUT2D eigenvalue weighted by atomic mass is 32.2. The van der Waals surface area contributed by atoms with E-state index in [1.807, 2.05) is 6.92 Å². The summed E-state index contributed by atoms with van der Waals surface area (Å²) < 4.78 is 4.96. The summed E-state index contributed by atoms with van der Waals surface area (Å²) in [6, 6.07) is 8.75. The number of rotatable bonds is 7. The van der Waals surface area contributed by atoms with Gasteiger partial charge in [0.2, 0.25) is 5.91 Å². The zero-order chi connectivity index (χ0) is 20.1. The third-order valence-corrected chi connectivity index (χ3v) is 6.32. The summed E-state index contributed by atoms with van der Waals surface area (Å²) in [6.45, 7) is 6.03. The molecule has 0 aliphatic heterocycles. The van der Waals surface area contributed by atoms with Crippen LogP contribution in [0.1, 0.15) is 36.0 Å².